The highest BCUT2D eigenvalue weighted by atomic mass is 16.6. The zero-order valence-electron chi connectivity index (χ0n) is 15.4. The van der Waals surface area contributed by atoms with E-state index < -0.39 is 22.1 Å². The molecular weight excluding hydrogens is 364 g/mol. The van der Waals surface area contributed by atoms with Crippen LogP contribution in [0.4, 0.5) is 11.5 Å². The van der Waals surface area contributed by atoms with Gasteiger partial charge in [0.2, 0.25) is 0 Å². The lowest BCUT2D eigenvalue weighted by atomic mass is 9.76. The van der Waals surface area contributed by atoms with Crippen molar-refractivity contribution in [3.63, 3.8) is 0 Å². The van der Waals surface area contributed by atoms with E-state index in [1.165, 1.54) is 29.8 Å². The van der Waals surface area contributed by atoms with Crippen LogP contribution in [0, 0.1) is 10.1 Å². The van der Waals surface area contributed by atoms with Gasteiger partial charge in [-0.25, -0.2) is 4.79 Å². The third kappa shape index (κ3) is 2.50. The van der Waals surface area contributed by atoms with Gasteiger partial charge in [-0.15, -0.1) is 0 Å². The predicted octanol–water partition coefficient (Wildman–Crippen LogP) is 1.56. The fraction of sp³-hybridized carbons (Fsp3) is 0.316. The highest BCUT2D eigenvalue weighted by molar-refractivity contribution is 6.00. The summed E-state index contributed by atoms with van der Waals surface area (Å²) < 4.78 is 2.33. The van der Waals surface area contributed by atoms with Crippen molar-refractivity contribution < 1.29 is 9.72 Å². The number of Topliss-reactive ketones (excluding diaryl/α,β-unsaturated/α-hetero) is 1. The van der Waals surface area contributed by atoms with E-state index in [4.69, 9.17) is 0 Å². The zero-order valence-corrected chi connectivity index (χ0v) is 15.4. The van der Waals surface area contributed by atoms with Crippen molar-refractivity contribution in [2.75, 3.05) is 5.32 Å². The molecule has 2 heterocycles. The fourth-order valence-electron chi connectivity index (χ4n) is 4.05. The van der Waals surface area contributed by atoms with Gasteiger partial charge in [0, 0.05) is 49.8 Å². The summed E-state index contributed by atoms with van der Waals surface area (Å²) in [6.45, 7) is 0. The summed E-state index contributed by atoms with van der Waals surface area (Å²) in [7, 11) is 2.93. The average Bonchev–Trinajstić information content (AvgIpc) is 2.69. The number of nitrogens with zero attached hydrogens (tertiary/aromatic N) is 3. The molecule has 1 aromatic heterocycles. The molecule has 1 atom stereocenters. The highest BCUT2D eigenvalue weighted by Gasteiger charge is 2.39. The molecular formula is C19H18N4O5. The standard InChI is InChI=1S/C19H18N4O5/c1-21-17-16(18(25)22(2)19(21)26)14(10-5-3-6-11(9-10)23(27)28)15-12(20-17)7-4-8-13(15)24/h3,5-6,9,14,20H,4,7-8H2,1-2H3. The fourth-order valence-corrected chi connectivity index (χ4v) is 4.05. The molecule has 1 aromatic carbocycles. The van der Waals surface area contributed by atoms with Crippen LogP contribution in [0.25, 0.3) is 0 Å². The van der Waals surface area contributed by atoms with Crippen molar-refractivity contribution in [3.05, 3.63) is 77.6 Å². The molecule has 1 aliphatic heterocycles. The Labute approximate surface area is 159 Å². The quantitative estimate of drug-likeness (QED) is 0.622. The maximum Gasteiger partial charge on any atom is 0.332 e. The van der Waals surface area contributed by atoms with Crippen molar-refractivity contribution in [1.29, 1.82) is 0 Å². The second-order valence-corrected chi connectivity index (χ2v) is 7.05. The Kier molecular flexibility index (Phi) is 4.02. The molecule has 4 rings (SSSR count). The van der Waals surface area contributed by atoms with Crippen molar-refractivity contribution in [2.24, 2.45) is 14.1 Å². The average molecular weight is 382 g/mol. The van der Waals surface area contributed by atoms with Gasteiger partial charge < -0.3 is 5.32 Å². The largest absolute Gasteiger partial charge is 0.344 e. The van der Waals surface area contributed by atoms with E-state index in [1.54, 1.807) is 13.1 Å². The number of benzene rings is 1. The third-order valence-electron chi connectivity index (χ3n) is 5.42. The Hall–Kier alpha value is -3.49. The Morgan fingerprint density at radius 1 is 1.14 bits per heavy atom. The molecule has 0 saturated heterocycles. The molecule has 0 radical (unpaired) electrons. The van der Waals surface area contributed by atoms with Crippen molar-refractivity contribution >= 4 is 17.3 Å². The van der Waals surface area contributed by atoms with E-state index in [-0.39, 0.29) is 17.0 Å². The molecule has 9 heteroatoms. The molecule has 2 aliphatic rings. The summed E-state index contributed by atoms with van der Waals surface area (Å²) in [5.41, 5.74) is 0.727. The number of hydrogen-bond donors (Lipinski definition) is 1. The molecule has 0 fully saturated rings. The normalized spacial score (nSPS) is 18.4. The summed E-state index contributed by atoms with van der Waals surface area (Å²) in [5, 5.41) is 14.4. The Morgan fingerprint density at radius 2 is 1.89 bits per heavy atom. The second kappa shape index (κ2) is 6.29. The smallest absolute Gasteiger partial charge is 0.332 e. The van der Waals surface area contributed by atoms with Crippen LogP contribution in [0.2, 0.25) is 0 Å². The topological polar surface area (TPSA) is 116 Å². The molecule has 0 saturated carbocycles. The first-order valence-corrected chi connectivity index (χ1v) is 8.88. The Bertz CT molecular complexity index is 1190. The van der Waals surface area contributed by atoms with Crippen LogP contribution in [0.5, 0.6) is 0 Å². The first-order chi connectivity index (χ1) is 13.3. The number of rotatable bonds is 2. The van der Waals surface area contributed by atoms with Crippen LogP contribution >= 0.6 is 0 Å². The molecule has 0 bridgehead atoms. The number of nitrogens with one attached hydrogen (secondary N) is 1. The lowest BCUT2D eigenvalue weighted by molar-refractivity contribution is -0.384. The van der Waals surface area contributed by atoms with Gasteiger partial charge in [-0.2, -0.15) is 0 Å². The number of ketones is 1. The van der Waals surface area contributed by atoms with Gasteiger partial charge in [0.05, 0.1) is 10.5 Å². The van der Waals surface area contributed by atoms with Crippen molar-refractivity contribution in [3.8, 4) is 0 Å². The second-order valence-electron chi connectivity index (χ2n) is 7.05. The number of non-ortho nitro benzene ring substituents is 1. The molecule has 1 N–H and O–H groups in total. The lowest BCUT2D eigenvalue weighted by Crippen LogP contribution is -2.44. The zero-order chi connectivity index (χ0) is 20.2. The summed E-state index contributed by atoms with van der Waals surface area (Å²) in [4.78, 5) is 48.9. The molecule has 28 heavy (non-hydrogen) atoms. The molecule has 0 amide bonds. The minimum Gasteiger partial charge on any atom is -0.344 e. The van der Waals surface area contributed by atoms with E-state index in [0.29, 0.717) is 41.9 Å². The number of hydrogen-bond acceptors (Lipinski definition) is 6. The minimum atomic E-state index is -0.760. The van der Waals surface area contributed by atoms with Gasteiger partial charge in [-0.05, 0) is 18.4 Å². The number of carbonyl (C=O) groups excluding carboxylic acids is 1. The molecule has 1 unspecified atom stereocenters. The van der Waals surface area contributed by atoms with Gasteiger partial charge in [0.15, 0.2) is 5.78 Å². The number of anilines is 1. The van der Waals surface area contributed by atoms with E-state index in [9.17, 15) is 24.5 Å². The van der Waals surface area contributed by atoms with Crippen LogP contribution in [0.1, 0.15) is 36.3 Å². The molecule has 1 aliphatic carbocycles. The van der Waals surface area contributed by atoms with Gasteiger partial charge in [0.1, 0.15) is 5.82 Å². The number of carbonyl (C=O) groups is 1. The van der Waals surface area contributed by atoms with E-state index in [2.05, 4.69) is 5.32 Å². The lowest BCUT2D eigenvalue weighted by Gasteiger charge is -2.34. The van der Waals surface area contributed by atoms with Crippen LogP contribution in [-0.4, -0.2) is 19.8 Å². The van der Waals surface area contributed by atoms with E-state index in [1.807, 2.05) is 0 Å². The first kappa shape index (κ1) is 17.9. The monoisotopic (exact) mass is 382 g/mol. The summed E-state index contributed by atoms with van der Waals surface area (Å²) >= 11 is 0. The number of allylic oxidation sites excluding steroid dienone is 2. The van der Waals surface area contributed by atoms with Crippen LogP contribution in [0.15, 0.2) is 45.1 Å². The first-order valence-electron chi connectivity index (χ1n) is 8.88. The van der Waals surface area contributed by atoms with Gasteiger partial charge in [-0.1, -0.05) is 12.1 Å². The van der Waals surface area contributed by atoms with Gasteiger partial charge in [-0.3, -0.25) is 28.8 Å². The minimum absolute atomic E-state index is 0.0909. The molecule has 9 nitrogen and oxygen atoms in total. The van der Waals surface area contributed by atoms with Crippen LogP contribution in [-0.2, 0) is 18.9 Å². The molecule has 144 valence electrons. The Balaban J connectivity index is 2.08. The number of aromatic nitrogens is 2. The van der Waals surface area contributed by atoms with Crippen molar-refractivity contribution in [1.82, 2.24) is 9.13 Å². The van der Waals surface area contributed by atoms with Crippen LogP contribution in [0.3, 0.4) is 0 Å². The third-order valence-corrected chi connectivity index (χ3v) is 5.42. The van der Waals surface area contributed by atoms with Crippen molar-refractivity contribution in [2.45, 2.75) is 25.2 Å². The highest BCUT2D eigenvalue weighted by Crippen LogP contribution is 2.43. The van der Waals surface area contributed by atoms with E-state index in [0.717, 1.165) is 4.57 Å². The van der Waals surface area contributed by atoms with Crippen LogP contribution < -0.4 is 16.6 Å². The van der Waals surface area contributed by atoms with E-state index >= 15 is 0 Å². The number of nitro groups is 1. The molecule has 0 spiro atoms. The predicted molar refractivity (Wildman–Crippen MR) is 101 cm³/mol. The SMILES string of the molecule is Cn1c2c(c(=O)n(C)c1=O)C(c1cccc([N+](=O)[O-])c1)C1=C(CCCC1=O)N2. The number of nitro benzene ring substituents is 1. The maximum atomic E-state index is 13.0. The Morgan fingerprint density at radius 3 is 2.61 bits per heavy atom. The molecule has 2 aromatic rings. The summed E-state index contributed by atoms with van der Waals surface area (Å²) in [5.74, 6) is -0.519. The maximum absolute atomic E-state index is 13.0. The summed E-state index contributed by atoms with van der Waals surface area (Å²) in [6, 6.07) is 5.96. The van der Waals surface area contributed by atoms with Gasteiger partial charge in [0.25, 0.3) is 11.2 Å². The summed E-state index contributed by atoms with van der Waals surface area (Å²) in [6.07, 6.45) is 1.63. The van der Waals surface area contributed by atoms with Gasteiger partial charge >= 0.3 is 5.69 Å². The number of fused-ring (bicyclic) bond motifs is 1.